The number of aryl methyl sites for hydroxylation is 1. The molecule has 1 heterocycles. The third kappa shape index (κ3) is 5.10. The molecule has 1 aliphatic heterocycles. The topological polar surface area (TPSA) is 95.8 Å². The first-order valence-electron chi connectivity index (χ1n) is 9.56. The molecular formula is C21H24N4O4. The maximum Gasteiger partial charge on any atom is 0.269 e. The van der Waals surface area contributed by atoms with Crippen molar-refractivity contribution >= 4 is 23.2 Å². The fraction of sp³-hybridized carbons (Fsp3) is 0.333. The summed E-state index contributed by atoms with van der Waals surface area (Å²) >= 11 is 0. The fourth-order valence-electron chi connectivity index (χ4n) is 3.39. The number of amides is 2. The number of hydrogen-bond acceptors (Lipinski definition) is 5. The SMILES string of the molecule is Cc1ccccc1N1CCN(C(=O)CCNC(=O)c2ccc([N+](=O)[O-])cc2)CC1. The molecule has 0 atom stereocenters. The molecule has 2 aromatic carbocycles. The van der Waals surface area contributed by atoms with Crippen molar-refractivity contribution in [1.29, 1.82) is 0 Å². The van der Waals surface area contributed by atoms with Crippen molar-refractivity contribution in [3.8, 4) is 0 Å². The normalized spacial score (nSPS) is 13.8. The van der Waals surface area contributed by atoms with E-state index in [0.717, 1.165) is 13.1 Å². The summed E-state index contributed by atoms with van der Waals surface area (Å²) in [5.74, 6) is -0.337. The number of anilines is 1. The molecule has 8 nitrogen and oxygen atoms in total. The molecule has 29 heavy (non-hydrogen) atoms. The number of benzene rings is 2. The van der Waals surface area contributed by atoms with Crippen LogP contribution in [-0.4, -0.2) is 54.4 Å². The molecule has 0 aromatic heterocycles. The first-order valence-corrected chi connectivity index (χ1v) is 9.56. The molecule has 0 aliphatic carbocycles. The van der Waals surface area contributed by atoms with Gasteiger partial charge in [-0.2, -0.15) is 0 Å². The maximum absolute atomic E-state index is 12.4. The average Bonchev–Trinajstić information content (AvgIpc) is 2.74. The fourth-order valence-corrected chi connectivity index (χ4v) is 3.39. The molecule has 1 saturated heterocycles. The van der Waals surface area contributed by atoms with Gasteiger partial charge >= 0.3 is 0 Å². The van der Waals surface area contributed by atoms with E-state index in [1.54, 1.807) is 0 Å². The van der Waals surface area contributed by atoms with E-state index in [9.17, 15) is 19.7 Å². The van der Waals surface area contributed by atoms with E-state index < -0.39 is 4.92 Å². The minimum atomic E-state index is -0.515. The van der Waals surface area contributed by atoms with Crippen molar-refractivity contribution in [2.24, 2.45) is 0 Å². The van der Waals surface area contributed by atoms with Crippen molar-refractivity contribution < 1.29 is 14.5 Å². The molecule has 0 unspecified atom stereocenters. The Labute approximate surface area is 169 Å². The van der Waals surface area contributed by atoms with Crippen LogP contribution in [0.4, 0.5) is 11.4 Å². The van der Waals surface area contributed by atoms with E-state index >= 15 is 0 Å². The lowest BCUT2D eigenvalue weighted by atomic mass is 10.1. The summed E-state index contributed by atoms with van der Waals surface area (Å²) in [5.41, 5.74) is 2.69. The van der Waals surface area contributed by atoms with Crippen molar-refractivity contribution in [3.05, 3.63) is 69.8 Å². The average molecular weight is 396 g/mol. The van der Waals surface area contributed by atoms with Gasteiger partial charge in [-0.1, -0.05) is 18.2 Å². The number of nitro groups is 1. The number of para-hydroxylation sites is 1. The molecule has 0 saturated carbocycles. The minimum absolute atomic E-state index is 0.0124. The largest absolute Gasteiger partial charge is 0.368 e. The van der Waals surface area contributed by atoms with Gasteiger partial charge in [0.15, 0.2) is 0 Å². The predicted octanol–water partition coefficient (Wildman–Crippen LogP) is 2.37. The zero-order valence-electron chi connectivity index (χ0n) is 16.3. The summed E-state index contributed by atoms with van der Waals surface area (Å²) in [6, 6.07) is 13.6. The summed E-state index contributed by atoms with van der Waals surface area (Å²) in [7, 11) is 0. The second kappa shape index (κ2) is 9.18. The Morgan fingerprint density at radius 3 is 2.31 bits per heavy atom. The van der Waals surface area contributed by atoms with Gasteiger partial charge in [-0.3, -0.25) is 19.7 Å². The standard InChI is InChI=1S/C21H24N4O4/c1-16-4-2-3-5-19(16)23-12-14-24(15-13-23)20(26)10-11-22-21(27)17-6-8-18(9-7-17)25(28)29/h2-9H,10-15H2,1H3,(H,22,27). The van der Waals surface area contributed by atoms with E-state index in [1.807, 2.05) is 17.0 Å². The maximum atomic E-state index is 12.4. The first-order chi connectivity index (χ1) is 14.0. The third-order valence-corrected chi connectivity index (χ3v) is 5.05. The first kappa shape index (κ1) is 20.3. The van der Waals surface area contributed by atoms with Crippen LogP contribution in [-0.2, 0) is 4.79 Å². The number of nitrogens with zero attached hydrogens (tertiary/aromatic N) is 3. The molecule has 3 rings (SSSR count). The molecule has 2 amide bonds. The highest BCUT2D eigenvalue weighted by Gasteiger charge is 2.21. The highest BCUT2D eigenvalue weighted by atomic mass is 16.6. The Bertz CT molecular complexity index is 890. The Hall–Kier alpha value is -3.42. The van der Waals surface area contributed by atoms with Crippen LogP contribution in [0.25, 0.3) is 0 Å². The third-order valence-electron chi connectivity index (χ3n) is 5.05. The molecule has 1 fully saturated rings. The van der Waals surface area contributed by atoms with Gasteiger partial charge in [0.05, 0.1) is 4.92 Å². The summed E-state index contributed by atoms with van der Waals surface area (Å²) in [5, 5.41) is 13.3. The summed E-state index contributed by atoms with van der Waals surface area (Å²) in [6.07, 6.45) is 0.225. The lowest BCUT2D eigenvalue weighted by Crippen LogP contribution is -2.49. The van der Waals surface area contributed by atoms with Gasteiger partial charge in [0.1, 0.15) is 0 Å². The number of carbonyl (C=O) groups is 2. The summed E-state index contributed by atoms with van der Waals surface area (Å²) < 4.78 is 0. The molecule has 1 N–H and O–H groups in total. The second-order valence-corrected chi connectivity index (χ2v) is 6.96. The molecule has 152 valence electrons. The molecule has 1 aliphatic rings. The van der Waals surface area contributed by atoms with Gasteiger partial charge in [0, 0.05) is 62.5 Å². The van der Waals surface area contributed by atoms with Crippen LogP contribution in [0.1, 0.15) is 22.3 Å². The minimum Gasteiger partial charge on any atom is -0.368 e. The highest BCUT2D eigenvalue weighted by Crippen LogP contribution is 2.21. The van der Waals surface area contributed by atoms with Gasteiger partial charge in [0.25, 0.3) is 11.6 Å². The van der Waals surface area contributed by atoms with Crippen LogP contribution in [0.3, 0.4) is 0 Å². The van der Waals surface area contributed by atoms with Crippen LogP contribution in [0, 0.1) is 17.0 Å². The molecule has 0 spiro atoms. The Balaban J connectivity index is 1.43. The van der Waals surface area contributed by atoms with E-state index in [1.165, 1.54) is 35.5 Å². The van der Waals surface area contributed by atoms with Crippen molar-refractivity contribution in [3.63, 3.8) is 0 Å². The predicted molar refractivity (Wildman–Crippen MR) is 110 cm³/mol. The highest BCUT2D eigenvalue weighted by molar-refractivity contribution is 5.94. The number of hydrogen-bond donors (Lipinski definition) is 1. The van der Waals surface area contributed by atoms with Crippen LogP contribution >= 0.6 is 0 Å². The number of nitro benzene ring substituents is 1. The molecule has 2 aromatic rings. The van der Waals surface area contributed by atoms with E-state index in [4.69, 9.17) is 0 Å². The lowest BCUT2D eigenvalue weighted by molar-refractivity contribution is -0.384. The lowest BCUT2D eigenvalue weighted by Gasteiger charge is -2.36. The Morgan fingerprint density at radius 1 is 1.03 bits per heavy atom. The number of non-ortho nitro benzene ring substituents is 1. The number of rotatable bonds is 6. The molecule has 0 bridgehead atoms. The van der Waals surface area contributed by atoms with Crippen molar-refractivity contribution in [1.82, 2.24) is 10.2 Å². The van der Waals surface area contributed by atoms with Gasteiger partial charge in [-0.25, -0.2) is 0 Å². The number of nitrogens with one attached hydrogen (secondary N) is 1. The monoisotopic (exact) mass is 396 g/mol. The smallest absolute Gasteiger partial charge is 0.269 e. The zero-order chi connectivity index (χ0) is 20.8. The van der Waals surface area contributed by atoms with Gasteiger partial charge in [-0.05, 0) is 30.7 Å². The summed E-state index contributed by atoms with van der Waals surface area (Å²) in [6.45, 7) is 5.19. The van der Waals surface area contributed by atoms with Crippen LogP contribution < -0.4 is 10.2 Å². The van der Waals surface area contributed by atoms with Crippen molar-refractivity contribution in [2.75, 3.05) is 37.6 Å². The second-order valence-electron chi connectivity index (χ2n) is 6.96. The van der Waals surface area contributed by atoms with Gasteiger partial charge in [0.2, 0.25) is 5.91 Å². The Morgan fingerprint density at radius 2 is 1.69 bits per heavy atom. The molecule has 0 radical (unpaired) electrons. The number of piperazine rings is 1. The van der Waals surface area contributed by atoms with Crippen LogP contribution in [0.15, 0.2) is 48.5 Å². The molecule has 8 heteroatoms. The Kier molecular flexibility index (Phi) is 6.43. The zero-order valence-corrected chi connectivity index (χ0v) is 16.3. The van der Waals surface area contributed by atoms with Crippen molar-refractivity contribution in [2.45, 2.75) is 13.3 Å². The molecular weight excluding hydrogens is 372 g/mol. The van der Waals surface area contributed by atoms with Gasteiger partial charge in [-0.15, -0.1) is 0 Å². The number of carbonyl (C=O) groups excluding carboxylic acids is 2. The van der Waals surface area contributed by atoms with E-state index in [2.05, 4.69) is 29.3 Å². The van der Waals surface area contributed by atoms with Gasteiger partial charge < -0.3 is 15.1 Å². The quantitative estimate of drug-likeness (QED) is 0.597. The van der Waals surface area contributed by atoms with Crippen LogP contribution in [0.5, 0.6) is 0 Å². The van der Waals surface area contributed by atoms with E-state index in [0.29, 0.717) is 18.7 Å². The summed E-state index contributed by atoms with van der Waals surface area (Å²) in [4.78, 5) is 38.8. The van der Waals surface area contributed by atoms with Crippen LogP contribution in [0.2, 0.25) is 0 Å². The van der Waals surface area contributed by atoms with E-state index in [-0.39, 0.29) is 30.5 Å².